The number of benzene rings is 1. The molecule has 1 atom stereocenters. The van der Waals surface area contributed by atoms with Crippen molar-refractivity contribution in [3.05, 3.63) is 35.9 Å². The van der Waals surface area contributed by atoms with Gasteiger partial charge in [0.15, 0.2) is 5.96 Å². The summed E-state index contributed by atoms with van der Waals surface area (Å²) in [6.07, 6.45) is 2.35. The third-order valence-electron chi connectivity index (χ3n) is 3.48. The summed E-state index contributed by atoms with van der Waals surface area (Å²) >= 11 is 0. The largest absolute Gasteiger partial charge is 0.396 e. The predicted octanol–water partition coefficient (Wildman–Crippen LogP) is 2.98. The van der Waals surface area contributed by atoms with Gasteiger partial charge in [-0.3, -0.25) is 4.99 Å². The van der Waals surface area contributed by atoms with Gasteiger partial charge in [-0.2, -0.15) is 0 Å². The van der Waals surface area contributed by atoms with Gasteiger partial charge in [0.2, 0.25) is 0 Å². The molecule has 0 heterocycles. The first-order chi connectivity index (χ1) is 10.2. The number of rotatable bonds is 8. The van der Waals surface area contributed by atoms with Gasteiger partial charge in [-0.1, -0.05) is 44.2 Å². The summed E-state index contributed by atoms with van der Waals surface area (Å²) < 4.78 is 0. The van der Waals surface area contributed by atoms with E-state index in [-0.39, 0.29) is 36.5 Å². The van der Waals surface area contributed by atoms with Gasteiger partial charge in [-0.15, -0.1) is 24.0 Å². The van der Waals surface area contributed by atoms with E-state index in [1.807, 2.05) is 30.3 Å². The van der Waals surface area contributed by atoms with Crippen molar-refractivity contribution in [2.45, 2.75) is 32.6 Å². The van der Waals surface area contributed by atoms with E-state index in [4.69, 9.17) is 0 Å². The summed E-state index contributed by atoms with van der Waals surface area (Å²) in [5, 5.41) is 16.1. The van der Waals surface area contributed by atoms with E-state index in [2.05, 4.69) is 29.5 Å². The number of hydrogen-bond donors (Lipinski definition) is 3. The summed E-state index contributed by atoms with van der Waals surface area (Å²) in [6.45, 7) is 6.19. The number of nitrogens with one attached hydrogen (secondary N) is 2. The second kappa shape index (κ2) is 12.7. The van der Waals surface area contributed by atoms with Gasteiger partial charge in [0.1, 0.15) is 0 Å². The molecule has 5 heteroatoms. The van der Waals surface area contributed by atoms with Crippen LogP contribution in [0.25, 0.3) is 0 Å². The van der Waals surface area contributed by atoms with Crippen molar-refractivity contribution in [2.24, 2.45) is 10.9 Å². The van der Waals surface area contributed by atoms with Crippen LogP contribution in [0.2, 0.25) is 0 Å². The van der Waals surface area contributed by atoms with Crippen LogP contribution in [0.5, 0.6) is 0 Å². The van der Waals surface area contributed by atoms with E-state index in [0.29, 0.717) is 6.54 Å². The second-order valence-electron chi connectivity index (χ2n) is 5.71. The smallest absolute Gasteiger partial charge is 0.190 e. The van der Waals surface area contributed by atoms with Crippen molar-refractivity contribution in [2.75, 3.05) is 26.7 Å². The first kappa shape index (κ1) is 21.2. The van der Waals surface area contributed by atoms with Gasteiger partial charge in [-0.25, -0.2) is 0 Å². The van der Waals surface area contributed by atoms with Crippen LogP contribution >= 0.6 is 24.0 Å². The summed E-state index contributed by atoms with van der Waals surface area (Å²) in [7, 11) is 1.77. The zero-order valence-corrected chi connectivity index (χ0v) is 16.2. The van der Waals surface area contributed by atoms with Crippen molar-refractivity contribution >= 4 is 29.9 Å². The SMILES string of the molecule is CN=C(NCCCC(C)C)NCC(CO)c1ccccc1.I. The monoisotopic (exact) mass is 419 g/mol. The normalized spacial score (nSPS) is 12.7. The number of aliphatic hydroxyl groups is 1. The van der Waals surface area contributed by atoms with Crippen molar-refractivity contribution in [3.8, 4) is 0 Å². The Bertz CT molecular complexity index is 410. The van der Waals surface area contributed by atoms with Crippen molar-refractivity contribution in [1.82, 2.24) is 10.6 Å². The number of aliphatic imine (C=N–C) groups is 1. The van der Waals surface area contributed by atoms with Crippen LogP contribution in [0.15, 0.2) is 35.3 Å². The molecule has 0 amide bonds. The van der Waals surface area contributed by atoms with Gasteiger partial charge in [-0.05, 0) is 24.3 Å². The molecule has 3 N–H and O–H groups in total. The van der Waals surface area contributed by atoms with Crippen LogP contribution in [0.4, 0.5) is 0 Å². The summed E-state index contributed by atoms with van der Waals surface area (Å²) in [5.41, 5.74) is 1.14. The van der Waals surface area contributed by atoms with Crippen LogP contribution in [-0.4, -0.2) is 37.8 Å². The summed E-state index contributed by atoms with van der Waals surface area (Å²) in [6, 6.07) is 10.1. The van der Waals surface area contributed by atoms with Crippen LogP contribution in [0.3, 0.4) is 0 Å². The maximum absolute atomic E-state index is 9.54. The Kier molecular flexibility index (Phi) is 12.2. The number of guanidine groups is 1. The first-order valence-corrected chi connectivity index (χ1v) is 7.77. The molecule has 0 radical (unpaired) electrons. The lowest BCUT2D eigenvalue weighted by molar-refractivity contribution is 0.265. The topological polar surface area (TPSA) is 56.7 Å². The van der Waals surface area contributed by atoms with Gasteiger partial charge < -0.3 is 15.7 Å². The highest BCUT2D eigenvalue weighted by atomic mass is 127. The van der Waals surface area contributed by atoms with E-state index >= 15 is 0 Å². The molecule has 126 valence electrons. The number of halogens is 1. The maximum Gasteiger partial charge on any atom is 0.190 e. The number of nitrogens with zero attached hydrogens (tertiary/aromatic N) is 1. The fraction of sp³-hybridized carbons (Fsp3) is 0.588. The third-order valence-corrected chi connectivity index (χ3v) is 3.48. The Morgan fingerprint density at radius 3 is 2.41 bits per heavy atom. The average molecular weight is 419 g/mol. The Hall–Kier alpha value is -0.820. The lowest BCUT2D eigenvalue weighted by Gasteiger charge is -2.18. The molecule has 22 heavy (non-hydrogen) atoms. The molecule has 1 unspecified atom stereocenters. The highest BCUT2D eigenvalue weighted by Crippen LogP contribution is 2.13. The minimum absolute atomic E-state index is 0. The molecule has 0 saturated carbocycles. The van der Waals surface area contributed by atoms with Gasteiger partial charge in [0.25, 0.3) is 0 Å². The molecule has 0 saturated heterocycles. The van der Waals surface area contributed by atoms with Crippen LogP contribution in [-0.2, 0) is 0 Å². The van der Waals surface area contributed by atoms with Crippen LogP contribution in [0.1, 0.15) is 38.2 Å². The van der Waals surface area contributed by atoms with Crippen molar-refractivity contribution in [1.29, 1.82) is 0 Å². The highest BCUT2D eigenvalue weighted by molar-refractivity contribution is 14.0. The van der Waals surface area contributed by atoms with Gasteiger partial charge >= 0.3 is 0 Å². The van der Waals surface area contributed by atoms with E-state index in [1.165, 1.54) is 6.42 Å². The standard InChI is InChI=1S/C17H29N3O.HI/c1-14(2)8-7-11-19-17(18-3)20-12-16(13-21)15-9-5-4-6-10-15;/h4-6,9-10,14,16,21H,7-8,11-13H2,1-3H3,(H2,18,19,20);1H. The first-order valence-electron chi connectivity index (χ1n) is 7.77. The van der Waals surface area contributed by atoms with E-state index in [0.717, 1.165) is 30.4 Å². The van der Waals surface area contributed by atoms with Crippen molar-refractivity contribution < 1.29 is 5.11 Å². The molecule has 0 bridgehead atoms. The third kappa shape index (κ3) is 8.58. The molecule has 0 fully saturated rings. The predicted molar refractivity (Wildman–Crippen MR) is 105 cm³/mol. The molecule has 0 aromatic heterocycles. The Morgan fingerprint density at radius 2 is 1.86 bits per heavy atom. The maximum atomic E-state index is 9.54. The Labute approximate surface area is 151 Å². The van der Waals surface area contributed by atoms with Crippen molar-refractivity contribution in [3.63, 3.8) is 0 Å². The molecule has 1 aromatic rings. The Morgan fingerprint density at radius 1 is 1.18 bits per heavy atom. The minimum atomic E-state index is 0. The molecular formula is C17H30IN3O. The highest BCUT2D eigenvalue weighted by Gasteiger charge is 2.10. The van der Waals surface area contributed by atoms with E-state index in [1.54, 1.807) is 7.05 Å². The molecular weight excluding hydrogens is 389 g/mol. The van der Waals surface area contributed by atoms with Crippen LogP contribution < -0.4 is 10.6 Å². The molecule has 0 spiro atoms. The molecule has 4 nitrogen and oxygen atoms in total. The quantitative estimate of drug-likeness (QED) is 0.263. The zero-order chi connectivity index (χ0) is 15.5. The number of hydrogen-bond acceptors (Lipinski definition) is 2. The fourth-order valence-electron chi connectivity index (χ4n) is 2.17. The molecule has 0 aliphatic rings. The molecule has 0 aliphatic heterocycles. The van der Waals surface area contributed by atoms with E-state index < -0.39 is 0 Å². The number of aliphatic hydroxyl groups excluding tert-OH is 1. The molecule has 1 aromatic carbocycles. The summed E-state index contributed by atoms with van der Waals surface area (Å²) in [4.78, 5) is 4.22. The second-order valence-corrected chi connectivity index (χ2v) is 5.71. The molecule has 1 rings (SSSR count). The molecule has 0 aliphatic carbocycles. The van der Waals surface area contributed by atoms with Gasteiger partial charge in [0.05, 0.1) is 6.61 Å². The lowest BCUT2D eigenvalue weighted by atomic mass is 10.0. The average Bonchev–Trinajstić information content (AvgIpc) is 2.50. The lowest BCUT2D eigenvalue weighted by Crippen LogP contribution is -2.40. The van der Waals surface area contributed by atoms with Gasteiger partial charge in [0, 0.05) is 26.1 Å². The Balaban J connectivity index is 0.00000441. The van der Waals surface area contributed by atoms with E-state index in [9.17, 15) is 5.11 Å². The minimum Gasteiger partial charge on any atom is -0.396 e. The zero-order valence-electron chi connectivity index (χ0n) is 13.9. The fourth-order valence-corrected chi connectivity index (χ4v) is 2.17. The van der Waals surface area contributed by atoms with Crippen LogP contribution in [0, 0.1) is 5.92 Å². The summed E-state index contributed by atoms with van der Waals surface area (Å²) in [5.74, 6) is 1.62.